The number of hydrogen-bond donors (Lipinski definition) is 2. The van der Waals surface area contributed by atoms with E-state index >= 15 is 0 Å². The molecule has 26 heavy (non-hydrogen) atoms. The summed E-state index contributed by atoms with van der Waals surface area (Å²) in [7, 11) is 3.39. The third kappa shape index (κ3) is 4.88. The van der Waals surface area contributed by atoms with Crippen LogP contribution in [-0.2, 0) is 4.79 Å². The summed E-state index contributed by atoms with van der Waals surface area (Å²) in [6.07, 6.45) is 1.50. The van der Waals surface area contributed by atoms with Gasteiger partial charge in [0.05, 0.1) is 16.5 Å². The van der Waals surface area contributed by atoms with Gasteiger partial charge in [0.15, 0.2) is 0 Å². The molecule has 0 aliphatic carbocycles. The molecule has 8 heteroatoms. The Labute approximate surface area is 158 Å². The van der Waals surface area contributed by atoms with Crippen LogP contribution >= 0.6 is 11.6 Å². The molecule has 2 rings (SSSR count). The SMILES string of the molecule is CCNC(=O)c1cc(NC(=O)C2CCCN(C(=O)N(C)C)C2)ccc1Cl. The van der Waals surface area contributed by atoms with E-state index in [1.165, 1.54) is 4.90 Å². The van der Waals surface area contributed by atoms with E-state index in [1.807, 2.05) is 6.92 Å². The summed E-state index contributed by atoms with van der Waals surface area (Å²) in [5.41, 5.74) is 0.830. The predicted molar refractivity (Wildman–Crippen MR) is 101 cm³/mol. The number of rotatable bonds is 4. The summed E-state index contributed by atoms with van der Waals surface area (Å²) in [6.45, 7) is 3.35. The molecule has 1 unspecified atom stereocenters. The van der Waals surface area contributed by atoms with Gasteiger partial charge >= 0.3 is 6.03 Å². The summed E-state index contributed by atoms with van der Waals surface area (Å²) in [5.74, 6) is -0.726. The summed E-state index contributed by atoms with van der Waals surface area (Å²) in [4.78, 5) is 39.9. The Hall–Kier alpha value is -2.28. The molecule has 1 fully saturated rings. The number of anilines is 1. The number of likely N-dealkylation sites (tertiary alicyclic amines) is 1. The van der Waals surface area contributed by atoms with Crippen LogP contribution in [0.5, 0.6) is 0 Å². The maximum Gasteiger partial charge on any atom is 0.319 e. The van der Waals surface area contributed by atoms with Crippen LogP contribution in [0.4, 0.5) is 10.5 Å². The highest BCUT2D eigenvalue weighted by molar-refractivity contribution is 6.34. The normalized spacial score (nSPS) is 16.8. The van der Waals surface area contributed by atoms with E-state index in [4.69, 9.17) is 11.6 Å². The van der Waals surface area contributed by atoms with E-state index < -0.39 is 0 Å². The average Bonchev–Trinajstić information content (AvgIpc) is 2.62. The highest BCUT2D eigenvalue weighted by atomic mass is 35.5. The fourth-order valence-corrected chi connectivity index (χ4v) is 3.13. The highest BCUT2D eigenvalue weighted by Crippen LogP contribution is 2.23. The van der Waals surface area contributed by atoms with Crippen molar-refractivity contribution in [1.82, 2.24) is 15.1 Å². The van der Waals surface area contributed by atoms with Crippen molar-refractivity contribution < 1.29 is 14.4 Å². The first-order valence-corrected chi connectivity index (χ1v) is 9.06. The Morgan fingerprint density at radius 2 is 2.04 bits per heavy atom. The Morgan fingerprint density at radius 1 is 1.31 bits per heavy atom. The Balaban J connectivity index is 2.06. The molecule has 0 saturated carbocycles. The Morgan fingerprint density at radius 3 is 2.69 bits per heavy atom. The van der Waals surface area contributed by atoms with Crippen LogP contribution in [0.25, 0.3) is 0 Å². The minimum absolute atomic E-state index is 0.0903. The summed E-state index contributed by atoms with van der Waals surface area (Å²) in [5, 5.41) is 5.85. The van der Waals surface area contributed by atoms with Gasteiger partial charge in [0, 0.05) is 39.4 Å². The van der Waals surface area contributed by atoms with E-state index in [2.05, 4.69) is 10.6 Å². The number of halogens is 1. The van der Waals surface area contributed by atoms with Gasteiger partial charge in [0.25, 0.3) is 5.91 Å². The van der Waals surface area contributed by atoms with Gasteiger partial charge < -0.3 is 20.4 Å². The van der Waals surface area contributed by atoms with Crippen molar-refractivity contribution in [3.8, 4) is 0 Å². The molecule has 1 aliphatic heterocycles. The second-order valence-corrected chi connectivity index (χ2v) is 6.91. The smallest absolute Gasteiger partial charge is 0.319 e. The molecule has 4 amide bonds. The standard InChI is InChI=1S/C18H25ClN4O3/c1-4-20-17(25)14-10-13(7-8-15(14)19)21-16(24)12-6-5-9-23(11-12)18(26)22(2)3/h7-8,10,12H,4-6,9,11H2,1-3H3,(H,20,25)(H,21,24). The quantitative estimate of drug-likeness (QED) is 0.841. The molecule has 0 spiro atoms. The monoisotopic (exact) mass is 380 g/mol. The number of urea groups is 1. The lowest BCUT2D eigenvalue weighted by atomic mass is 9.97. The van der Waals surface area contributed by atoms with Gasteiger partial charge in [-0.1, -0.05) is 11.6 Å². The average molecular weight is 381 g/mol. The van der Waals surface area contributed by atoms with Crippen molar-refractivity contribution in [2.45, 2.75) is 19.8 Å². The zero-order chi connectivity index (χ0) is 19.3. The fourth-order valence-electron chi connectivity index (χ4n) is 2.92. The van der Waals surface area contributed by atoms with Gasteiger partial charge in [-0.3, -0.25) is 9.59 Å². The number of amides is 4. The maximum atomic E-state index is 12.6. The van der Waals surface area contributed by atoms with Crippen molar-refractivity contribution in [2.24, 2.45) is 5.92 Å². The van der Waals surface area contributed by atoms with Crippen molar-refractivity contribution in [3.63, 3.8) is 0 Å². The second-order valence-electron chi connectivity index (χ2n) is 6.51. The summed E-state index contributed by atoms with van der Waals surface area (Å²) >= 11 is 6.07. The molecule has 1 atom stereocenters. The van der Waals surface area contributed by atoms with E-state index in [0.717, 1.165) is 12.8 Å². The lowest BCUT2D eigenvalue weighted by Gasteiger charge is -2.33. The number of nitrogens with one attached hydrogen (secondary N) is 2. The molecule has 2 N–H and O–H groups in total. The van der Waals surface area contributed by atoms with Crippen LogP contribution in [0.3, 0.4) is 0 Å². The van der Waals surface area contributed by atoms with Crippen LogP contribution in [-0.4, -0.2) is 61.4 Å². The number of hydrogen-bond acceptors (Lipinski definition) is 3. The molecule has 1 aliphatic rings. The highest BCUT2D eigenvalue weighted by Gasteiger charge is 2.29. The van der Waals surface area contributed by atoms with Gasteiger partial charge in [-0.2, -0.15) is 0 Å². The molecular formula is C18H25ClN4O3. The van der Waals surface area contributed by atoms with Crippen LogP contribution in [0.1, 0.15) is 30.1 Å². The van der Waals surface area contributed by atoms with Crippen LogP contribution in [0, 0.1) is 5.92 Å². The lowest BCUT2D eigenvalue weighted by molar-refractivity contribution is -0.121. The Bertz CT molecular complexity index is 693. The molecule has 0 bridgehead atoms. The predicted octanol–water partition coefficient (Wildman–Crippen LogP) is 2.42. The first kappa shape index (κ1) is 20.0. The van der Waals surface area contributed by atoms with Crippen molar-refractivity contribution >= 4 is 35.1 Å². The maximum absolute atomic E-state index is 12.6. The molecule has 1 heterocycles. The molecule has 7 nitrogen and oxygen atoms in total. The lowest BCUT2D eigenvalue weighted by Crippen LogP contribution is -2.47. The molecule has 1 aromatic rings. The Kier molecular flexibility index (Phi) is 6.85. The summed E-state index contributed by atoms with van der Waals surface area (Å²) in [6, 6.07) is 4.73. The number of piperidine rings is 1. The van der Waals surface area contributed by atoms with Crippen molar-refractivity contribution in [3.05, 3.63) is 28.8 Å². The molecule has 142 valence electrons. The van der Waals surface area contributed by atoms with Crippen molar-refractivity contribution in [2.75, 3.05) is 39.0 Å². The largest absolute Gasteiger partial charge is 0.352 e. The molecule has 0 aromatic heterocycles. The van der Waals surface area contributed by atoms with Crippen LogP contribution in [0.2, 0.25) is 5.02 Å². The summed E-state index contributed by atoms with van der Waals surface area (Å²) < 4.78 is 0. The first-order valence-electron chi connectivity index (χ1n) is 8.68. The molecule has 0 radical (unpaired) electrons. The van der Waals surface area contributed by atoms with Gasteiger partial charge in [0.1, 0.15) is 0 Å². The number of carbonyl (C=O) groups is 3. The van der Waals surface area contributed by atoms with E-state index in [9.17, 15) is 14.4 Å². The number of benzene rings is 1. The van der Waals surface area contributed by atoms with Gasteiger partial charge in [-0.25, -0.2) is 4.79 Å². The van der Waals surface area contributed by atoms with Crippen LogP contribution < -0.4 is 10.6 Å². The minimum atomic E-state index is -0.283. The van der Waals surface area contributed by atoms with E-state index in [-0.39, 0.29) is 23.8 Å². The fraction of sp³-hybridized carbons (Fsp3) is 0.500. The number of carbonyl (C=O) groups excluding carboxylic acids is 3. The number of nitrogens with zero attached hydrogens (tertiary/aromatic N) is 2. The van der Waals surface area contributed by atoms with Crippen molar-refractivity contribution in [1.29, 1.82) is 0 Å². The van der Waals surface area contributed by atoms with Gasteiger partial charge in [-0.05, 0) is 38.0 Å². The molecule has 1 saturated heterocycles. The molecular weight excluding hydrogens is 356 g/mol. The van der Waals surface area contributed by atoms with E-state index in [0.29, 0.717) is 35.9 Å². The topological polar surface area (TPSA) is 81.8 Å². The van der Waals surface area contributed by atoms with Gasteiger partial charge in [-0.15, -0.1) is 0 Å². The zero-order valence-corrected chi connectivity index (χ0v) is 16.1. The van der Waals surface area contributed by atoms with Crippen LogP contribution in [0.15, 0.2) is 18.2 Å². The third-order valence-corrected chi connectivity index (χ3v) is 4.59. The van der Waals surface area contributed by atoms with Gasteiger partial charge in [0.2, 0.25) is 5.91 Å². The first-order chi connectivity index (χ1) is 12.3. The van der Waals surface area contributed by atoms with E-state index in [1.54, 1.807) is 37.2 Å². The zero-order valence-electron chi connectivity index (χ0n) is 15.3. The molecule has 1 aromatic carbocycles. The second kappa shape index (κ2) is 8.89. The third-order valence-electron chi connectivity index (χ3n) is 4.26. The minimum Gasteiger partial charge on any atom is -0.352 e.